The van der Waals surface area contributed by atoms with E-state index in [1.807, 2.05) is 32.9 Å². The number of benzene rings is 2. The Balaban J connectivity index is 1.52. The summed E-state index contributed by atoms with van der Waals surface area (Å²) in [6.45, 7) is 5.86. The molecule has 1 saturated heterocycles. The van der Waals surface area contributed by atoms with Crippen LogP contribution >= 0.6 is 15.9 Å². The lowest BCUT2D eigenvalue weighted by Crippen LogP contribution is -2.28. The van der Waals surface area contributed by atoms with Crippen LogP contribution in [0.4, 0.5) is 11.4 Å². The first kappa shape index (κ1) is 26.4. The summed E-state index contributed by atoms with van der Waals surface area (Å²) in [7, 11) is 0. The third kappa shape index (κ3) is 6.91. The molecule has 1 aliphatic rings. The molecule has 0 saturated carbocycles. The number of anilines is 2. The van der Waals surface area contributed by atoms with Crippen molar-refractivity contribution in [3.05, 3.63) is 57.6 Å². The predicted octanol–water partition coefficient (Wildman–Crippen LogP) is 4.56. The number of halogens is 1. The maximum absolute atomic E-state index is 12.5. The Morgan fingerprint density at radius 1 is 1.09 bits per heavy atom. The van der Waals surface area contributed by atoms with E-state index >= 15 is 0 Å². The summed E-state index contributed by atoms with van der Waals surface area (Å²) in [5.74, 6) is -2.37. The Kier molecular flexibility index (Phi) is 9.03. The molecule has 186 valence electrons. The van der Waals surface area contributed by atoms with Crippen molar-refractivity contribution >= 4 is 51.1 Å². The van der Waals surface area contributed by atoms with E-state index < -0.39 is 30.4 Å². The van der Waals surface area contributed by atoms with E-state index in [9.17, 15) is 19.2 Å². The molecule has 0 aliphatic carbocycles. The second kappa shape index (κ2) is 12.0. The zero-order valence-corrected chi connectivity index (χ0v) is 21.6. The second-order valence-electron chi connectivity index (χ2n) is 8.51. The summed E-state index contributed by atoms with van der Waals surface area (Å²) < 4.78 is 11.3. The van der Waals surface area contributed by atoms with Crippen LogP contribution in [0.5, 0.6) is 0 Å². The number of nitrogens with one attached hydrogen (secondary N) is 1. The van der Waals surface area contributed by atoms with Crippen molar-refractivity contribution in [1.29, 1.82) is 0 Å². The van der Waals surface area contributed by atoms with E-state index in [-0.39, 0.29) is 18.9 Å². The number of hydrogen-bond donors (Lipinski definition) is 1. The predicted molar refractivity (Wildman–Crippen MR) is 135 cm³/mol. The van der Waals surface area contributed by atoms with Gasteiger partial charge in [-0.15, -0.1) is 0 Å². The van der Waals surface area contributed by atoms with E-state index in [4.69, 9.17) is 9.47 Å². The van der Waals surface area contributed by atoms with Gasteiger partial charge in [-0.1, -0.05) is 29.3 Å². The number of unbranched alkanes of at least 4 members (excludes halogenated alkanes) is 1. The topological polar surface area (TPSA) is 102 Å². The highest BCUT2D eigenvalue weighted by atomic mass is 79.9. The summed E-state index contributed by atoms with van der Waals surface area (Å²) in [4.78, 5) is 50.8. The minimum atomic E-state index is -0.675. The van der Waals surface area contributed by atoms with Gasteiger partial charge in [-0.3, -0.25) is 14.4 Å². The SMILES string of the molecule is CCCCOC(=O)c1ccc(N2C[C@@H](C(=O)OCC(=O)Nc3cc(C)c(Br)cc3C)CC2=O)cc1. The number of carbonyl (C=O) groups excluding carboxylic acids is 4. The van der Waals surface area contributed by atoms with Gasteiger partial charge < -0.3 is 19.7 Å². The molecule has 1 atom stereocenters. The third-order valence-corrected chi connectivity index (χ3v) is 6.58. The number of rotatable bonds is 9. The fraction of sp³-hybridized carbons (Fsp3) is 0.385. The zero-order chi connectivity index (χ0) is 25.5. The van der Waals surface area contributed by atoms with Gasteiger partial charge in [0.15, 0.2) is 6.61 Å². The van der Waals surface area contributed by atoms with Crippen molar-refractivity contribution in [2.24, 2.45) is 5.92 Å². The molecule has 0 radical (unpaired) electrons. The minimum Gasteiger partial charge on any atom is -0.462 e. The molecule has 0 unspecified atom stereocenters. The molecule has 0 bridgehead atoms. The number of hydrogen-bond acceptors (Lipinski definition) is 6. The Morgan fingerprint density at radius 2 is 1.80 bits per heavy atom. The van der Waals surface area contributed by atoms with Gasteiger partial charge in [0.05, 0.1) is 18.1 Å². The number of amides is 2. The van der Waals surface area contributed by atoms with Crippen LogP contribution in [0.3, 0.4) is 0 Å². The average Bonchev–Trinajstić information content (AvgIpc) is 3.23. The van der Waals surface area contributed by atoms with Crippen molar-refractivity contribution < 1.29 is 28.7 Å². The smallest absolute Gasteiger partial charge is 0.338 e. The maximum Gasteiger partial charge on any atom is 0.338 e. The highest BCUT2D eigenvalue weighted by Crippen LogP contribution is 2.27. The van der Waals surface area contributed by atoms with Crippen molar-refractivity contribution in [3.8, 4) is 0 Å². The van der Waals surface area contributed by atoms with Gasteiger partial charge in [-0.2, -0.15) is 0 Å². The zero-order valence-electron chi connectivity index (χ0n) is 20.1. The molecule has 2 amide bonds. The molecule has 35 heavy (non-hydrogen) atoms. The molecule has 2 aromatic rings. The van der Waals surface area contributed by atoms with Crippen LogP contribution in [0, 0.1) is 19.8 Å². The molecule has 8 nitrogen and oxygen atoms in total. The van der Waals surface area contributed by atoms with Crippen LogP contribution in [0.15, 0.2) is 40.9 Å². The van der Waals surface area contributed by atoms with Gasteiger partial charge in [-0.05, 0) is 67.8 Å². The monoisotopic (exact) mass is 544 g/mol. The third-order valence-electron chi connectivity index (χ3n) is 5.73. The maximum atomic E-state index is 12.5. The van der Waals surface area contributed by atoms with Gasteiger partial charge in [0.2, 0.25) is 5.91 Å². The van der Waals surface area contributed by atoms with Gasteiger partial charge in [0, 0.05) is 28.8 Å². The van der Waals surface area contributed by atoms with Gasteiger partial charge in [0.1, 0.15) is 0 Å². The number of nitrogens with zero attached hydrogens (tertiary/aromatic N) is 1. The fourth-order valence-corrected chi connectivity index (χ4v) is 4.10. The number of esters is 2. The van der Waals surface area contributed by atoms with Crippen molar-refractivity contribution in [3.63, 3.8) is 0 Å². The van der Waals surface area contributed by atoms with Crippen molar-refractivity contribution in [1.82, 2.24) is 0 Å². The summed E-state index contributed by atoms with van der Waals surface area (Å²) in [5, 5.41) is 2.75. The first-order chi connectivity index (χ1) is 16.7. The van der Waals surface area contributed by atoms with Crippen LogP contribution in [0.2, 0.25) is 0 Å². The fourth-order valence-electron chi connectivity index (χ4n) is 3.64. The standard InChI is InChI=1S/C26H29BrN2O6/c1-4-5-10-34-25(32)18-6-8-20(9-7-18)29-14-19(13-24(29)31)26(33)35-15-23(30)28-22-12-16(2)21(27)11-17(22)3/h6-9,11-12,19H,4-5,10,13-15H2,1-3H3,(H,28,30)/t19-/m0/s1. The first-order valence-electron chi connectivity index (χ1n) is 11.5. The number of carbonyl (C=O) groups is 4. The van der Waals surface area contributed by atoms with Crippen LogP contribution < -0.4 is 10.2 Å². The summed E-state index contributed by atoms with van der Waals surface area (Å²) in [6, 6.07) is 10.2. The Hall–Kier alpha value is -3.20. The van der Waals surface area contributed by atoms with E-state index in [0.717, 1.165) is 28.4 Å². The highest BCUT2D eigenvalue weighted by molar-refractivity contribution is 9.10. The Bertz CT molecular complexity index is 1120. The van der Waals surface area contributed by atoms with Gasteiger partial charge >= 0.3 is 11.9 Å². The largest absolute Gasteiger partial charge is 0.462 e. The van der Waals surface area contributed by atoms with Crippen molar-refractivity contribution in [2.45, 2.75) is 40.0 Å². The van der Waals surface area contributed by atoms with Crippen molar-refractivity contribution in [2.75, 3.05) is 30.0 Å². The van der Waals surface area contributed by atoms with E-state index in [2.05, 4.69) is 21.2 Å². The molecule has 2 aromatic carbocycles. The lowest BCUT2D eigenvalue weighted by atomic mass is 10.1. The van der Waals surface area contributed by atoms with Crippen LogP contribution in [0.25, 0.3) is 0 Å². The summed E-state index contributed by atoms with van der Waals surface area (Å²) in [5.41, 5.74) is 3.46. The number of ether oxygens (including phenoxy) is 2. The van der Waals surface area contributed by atoms with E-state index in [1.54, 1.807) is 24.3 Å². The summed E-state index contributed by atoms with van der Waals surface area (Å²) in [6.07, 6.45) is 1.73. The van der Waals surface area contributed by atoms with Crippen LogP contribution in [-0.2, 0) is 23.9 Å². The molecular formula is C26H29BrN2O6. The molecule has 1 N–H and O–H groups in total. The normalized spacial score (nSPS) is 15.1. The Labute approximate surface area is 213 Å². The highest BCUT2D eigenvalue weighted by Gasteiger charge is 2.36. The molecule has 1 aliphatic heterocycles. The average molecular weight is 545 g/mol. The molecule has 1 heterocycles. The summed E-state index contributed by atoms with van der Waals surface area (Å²) >= 11 is 3.45. The molecule has 0 aromatic heterocycles. The lowest BCUT2D eigenvalue weighted by Gasteiger charge is -2.17. The van der Waals surface area contributed by atoms with Crippen LogP contribution in [-0.4, -0.2) is 43.5 Å². The molecule has 9 heteroatoms. The molecule has 3 rings (SSSR count). The molecular weight excluding hydrogens is 516 g/mol. The van der Waals surface area contributed by atoms with Gasteiger partial charge in [0.25, 0.3) is 5.91 Å². The van der Waals surface area contributed by atoms with E-state index in [0.29, 0.717) is 23.5 Å². The number of aryl methyl sites for hydroxylation is 2. The van der Waals surface area contributed by atoms with Gasteiger partial charge in [-0.25, -0.2) is 4.79 Å². The van der Waals surface area contributed by atoms with E-state index in [1.165, 1.54) is 4.90 Å². The molecule has 0 spiro atoms. The Morgan fingerprint density at radius 3 is 2.49 bits per heavy atom. The van der Waals surface area contributed by atoms with Crippen LogP contribution in [0.1, 0.15) is 47.7 Å². The second-order valence-corrected chi connectivity index (χ2v) is 9.37. The minimum absolute atomic E-state index is 0.00766. The quantitative estimate of drug-likeness (QED) is 0.366. The lowest BCUT2D eigenvalue weighted by molar-refractivity contribution is -0.151. The first-order valence-corrected chi connectivity index (χ1v) is 12.3. The molecule has 1 fully saturated rings.